The highest BCUT2D eigenvalue weighted by molar-refractivity contribution is 5.63. The normalized spacial score (nSPS) is 17.3. The van der Waals surface area contributed by atoms with E-state index in [1.54, 1.807) is 0 Å². The van der Waals surface area contributed by atoms with Gasteiger partial charge >= 0.3 is 11.9 Å². The van der Waals surface area contributed by atoms with Gasteiger partial charge < -0.3 is 10.0 Å². The van der Waals surface area contributed by atoms with E-state index in [4.69, 9.17) is 0 Å². The summed E-state index contributed by atoms with van der Waals surface area (Å²) < 4.78 is 37.9. The number of anilines is 1. The molecule has 0 atom stereocenters. The molecule has 0 aliphatic carbocycles. The van der Waals surface area contributed by atoms with E-state index in [0.717, 1.165) is 0 Å². The van der Waals surface area contributed by atoms with E-state index in [1.807, 2.05) is 0 Å². The number of nitro groups is 1. The van der Waals surface area contributed by atoms with Crippen LogP contribution in [-0.4, -0.2) is 34.2 Å². The van der Waals surface area contributed by atoms with Crippen LogP contribution >= 0.6 is 0 Å². The molecule has 2 rings (SSSR count). The average Bonchev–Trinajstić information content (AvgIpc) is 2.37. The Hall–Kier alpha value is -1.90. The van der Waals surface area contributed by atoms with E-state index in [1.165, 1.54) is 4.90 Å². The van der Waals surface area contributed by atoms with E-state index >= 15 is 0 Å². The van der Waals surface area contributed by atoms with Crippen molar-refractivity contribution in [3.05, 3.63) is 28.1 Å². The zero-order valence-corrected chi connectivity index (χ0v) is 10.3. The number of aliphatic hydroxyl groups excluding tert-OH is 1. The summed E-state index contributed by atoms with van der Waals surface area (Å²) in [4.78, 5) is 14.7. The van der Waals surface area contributed by atoms with Gasteiger partial charge in [-0.15, -0.1) is 0 Å². The molecule has 110 valence electrons. The van der Waals surface area contributed by atoms with Crippen LogP contribution in [0.25, 0.3) is 0 Å². The fraction of sp³-hybridized carbons (Fsp3) is 0.545. The van der Waals surface area contributed by atoms with Crippen molar-refractivity contribution in [1.82, 2.24) is 4.98 Å². The summed E-state index contributed by atoms with van der Waals surface area (Å²) in [6, 6.07) is 0.690. The topological polar surface area (TPSA) is 79.5 Å². The Kier molecular flexibility index (Phi) is 3.80. The summed E-state index contributed by atoms with van der Waals surface area (Å²) >= 11 is 0. The molecule has 0 aromatic carbocycles. The van der Waals surface area contributed by atoms with E-state index in [2.05, 4.69) is 4.98 Å². The average molecular weight is 291 g/mol. The van der Waals surface area contributed by atoms with Crippen molar-refractivity contribution in [2.45, 2.75) is 25.1 Å². The minimum atomic E-state index is -4.65. The minimum Gasteiger partial charge on any atom is -0.393 e. The Bertz CT molecular complexity index is 513. The minimum absolute atomic E-state index is 0.107. The number of halogens is 3. The van der Waals surface area contributed by atoms with Gasteiger partial charge in [0.25, 0.3) is 0 Å². The number of hydrogen-bond acceptors (Lipinski definition) is 5. The first-order chi connectivity index (χ1) is 9.29. The van der Waals surface area contributed by atoms with Gasteiger partial charge in [-0.25, -0.2) is 4.98 Å². The molecule has 1 saturated heterocycles. The summed E-state index contributed by atoms with van der Waals surface area (Å²) in [7, 11) is 0. The fourth-order valence-electron chi connectivity index (χ4n) is 2.09. The van der Waals surface area contributed by atoms with Gasteiger partial charge in [0.1, 0.15) is 17.6 Å². The molecule has 6 nitrogen and oxygen atoms in total. The first-order valence-corrected chi connectivity index (χ1v) is 5.93. The lowest BCUT2D eigenvalue weighted by Gasteiger charge is -2.31. The molecular formula is C11H12F3N3O3. The van der Waals surface area contributed by atoms with Gasteiger partial charge in [0.05, 0.1) is 11.0 Å². The van der Waals surface area contributed by atoms with E-state index in [-0.39, 0.29) is 18.8 Å². The Morgan fingerprint density at radius 1 is 1.40 bits per heavy atom. The molecule has 1 aliphatic rings. The summed E-state index contributed by atoms with van der Waals surface area (Å²) in [5.41, 5.74) is -1.73. The Morgan fingerprint density at radius 2 is 2.00 bits per heavy atom. The van der Waals surface area contributed by atoms with Gasteiger partial charge in [0.15, 0.2) is 0 Å². The van der Waals surface area contributed by atoms with Gasteiger partial charge in [-0.3, -0.25) is 10.1 Å². The van der Waals surface area contributed by atoms with Crippen LogP contribution in [-0.2, 0) is 6.18 Å². The Labute approximate surface area is 112 Å². The van der Waals surface area contributed by atoms with Gasteiger partial charge in [-0.2, -0.15) is 13.2 Å². The largest absolute Gasteiger partial charge is 0.433 e. The maximum Gasteiger partial charge on any atom is 0.433 e. The highest BCUT2D eigenvalue weighted by Crippen LogP contribution is 2.35. The molecule has 0 unspecified atom stereocenters. The zero-order chi connectivity index (χ0) is 14.9. The molecule has 9 heteroatoms. The predicted molar refractivity (Wildman–Crippen MR) is 63.3 cm³/mol. The second kappa shape index (κ2) is 5.23. The summed E-state index contributed by atoms with van der Waals surface area (Å²) in [5.74, 6) is 0. The van der Waals surface area contributed by atoms with Crippen LogP contribution in [0.3, 0.4) is 0 Å². The molecule has 1 N–H and O–H groups in total. The van der Waals surface area contributed by atoms with Crippen LogP contribution in [0.5, 0.6) is 0 Å². The summed E-state index contributed by atoms with van der Waals surface area (Å²) in [6.45, 7) is 0.534. The van der Waals surface area contributed by atoms with Crippen LogP contribution < -0.4 is 4.90 Å². The van der Waals surface area contributed by atoms with Crippen molar-refractivity contribution in [2.24, 2.45) is 0 Å². The molecule has 1 aromatic rings. The second-order valence-electron chi connectivity index (χ2n) is 4.53. The number of piperidine rings is 1. The summed E-state index contributed by atoms with van der Waals surface area (Å²) in [5, 5.41) is 20.3. The number of nitrogens with zero attached hydrogens (tertiary/aromatic N) is 3. The maximum absolute atomic E-state index is 12.6. The summed E-state index contributed by atoms with van der Waals surface area (Å²) in [6.07, 6.45) is -3.82. The standard InChI is InChI=1S/C11H12F3N3O3/c12-11(13,14)10-5-8(9(6-15-10)17(19)20)16-3-1-7(18)2-4-16/h5-7,18H,1-4H2. The molecule has 0 bridgehead atoms. The lowest BCUT2D eigenvalue weighted by molar-refractivity contribution is -0.384. The predicted octanol–water partition coefficient (Wildman–Crippen LogP) is 1.97. The van der Waals surface area contributed by atoms with Crippen molar-refractivity contribution in [2.75, 3.05) is 18.0 Å². The number of aliphatic hydroxyl groups is 1. The van der Waals surface area contributed by atoms with E-state index in [9.17, 15) is 28.4 Å². The number of rotatable bonds is 2. The van der Waals surface area contributed by atoms with Gasteiger partial charge in [-0.05, 0) is 18.9 Å². The van der Waals surface area contributed by atoms with E-state index in [0.29, 0.717) is 25.1 Å². The number of pyridine rings is 1. The van der Waals surface area contributed by atoms with Crippen molar-refractivity contribution >= 4 is 11.4 Å². The van der Waals surface area contributed by atoms with Crippen molar-refractivity contribution in [3.8, 4) is 0 Å². The molecule has 1 aliphatic heterocycles. The fourth-order valence-corrected chi connectivity index (χ4v) is 2.09. The Balaban J connectivity index is 2.39. The third-order valence-electron chi connectivity index (χ3n) is 3.15. The van der Waals surface area contributed by atoms with Gasteiger partial charge in [0.2, 0.25) is 0 Å². The highest BCUT2D eigenvalue weighted by Gasteiger charge is 2.35. The monoisotopic (exact) mass is 291 g/mol. The lowest BCUT2D eigenvalue weighted by atomic mass is 10.1. The number of aromatic nitrogens is 1. The molecule has 1 aromatic heterocycles. The molecular weight excluding hydrogens is 279 g/mol. The molecule has 1 fully saturated rings. The quantitative estimate of drug-likeness (QED) is 0.665. The zero-order valence-electron chi connectivity index (χ0n) is 10.3. The van der Waals surface area contributed by atoms with Crippen molar-refractivity contribution < 1.29 is 23.2 Å². The van der Waals surface area contributed by atoms with Crippen LogP contribution in [0.2, 0.25) is 0 Å². The van der Waals surface area contributed by atoms with Crippen LogP contribution in [0.15, 0.2) is 12.3 Å². The molecule has 0 amide bonds. The van der Waals surface area contributed by atoms with Gasteiger partial charge in [0, 0.05) is 13.1 Å². The molecule has 2 heterocycles. The molecule has 20 heavy (non-hydrogen) atoms. The highest BCUT2D eigenvalue weighted by atomic mass is 19.4. The molecule has 0 spiro atoms. The van der Waals surface area contributed by atoms with Gasteiger partial charge in [-0.1, -0.05) is 0 Å². The molecule has 0 saturated carbocycles. The first-order valence-electron chi connectivity index (χ1n) is 5.93. The Morgan fingerprint density at radius 3 is 2.50 bits per heavy atom. The maximum atomic E-state index is 12.6. The van der Waals surface area contributed by atoms with Crippen LogP contribution in [0.4, 0.5) is 24.5 Å². The van der Waals surface area contributed by atoms with Crippen molar-refractivity contribution in [3.63, 3.8) is 0 Å². The third-order valence-corrected chi connectivity index (χ3v) is 3.15. The SMILES string of the molecule is O=[N+]([O-])c1cnc(C(F)(F)F)cc1N1CCC(O)CC1. The van der Waals surface area contributed by atoms with Crippen molar-refractivity contribution in [1.29, 1.82) is 0 Å². The number of alkyl halides is 3. The van der Waals surface area contributed by atoms with E-state index < -0.39 is 28.6 Å². The smallest absolute Gasteiger partial charge is 0.393 e. The third kappa shape index (κ3) is 2.98. The second-order valence-corrected chi connectivity index (χ2v) is 4.53. The molecule has 0 radical (unpaired) electrons. The first kappa shape index (κ1) is 14.5. The van der Waals surface area contributed by atoms with Crippen LogP contribution in [0.1, 0.15) is 18.5 Å². The number of hydrogen-bond donors (Lipinski definition) is 1. The lowest BCUT2D eigenvalue weighted by Crippen LogP contribution is -2.36. The van der Waals surface area contributed by atoms with Crippen LogP contribution in [0, 0.1) is 10.1 Å².